The van der Waals surface area contributed by atoms with Gasteiger partial charge in [-0.1, -0.05) is 5.73 Å². The SMILES string of the molecule is CC1=C=CN(C(=O)O)C(C)=C1C. The van der Waals surface area contributed by atoms with Crippen molar-refractivity contribution in [1.82, 2.24) is 4.90 Å². The largest absolute Gasteiger partial charge is 0.464 e. The zero-order valence-corrected chi connectivity index (χ0v) is 7.38. The molecule has 1 rings (SSSR count). The number of amides is 1. The Hall–Kier alpha value is -1.47. The van der Waals surface area contributed by atoms with Crippen LogP contribution >= 0.6 is 0 Å². The van der Waals surface area contributed by atoms with E-state index in [0.29, 0.717) is 0 Å². The van der Waals surface area contributed by atoms with E-state index in [1.165, 1.54) is 11.1 Å². The first-order valence-electron chi connectivity index (χ1n) is 3.67. The third-order valence-corrected chi connectivity index (χ3v) is 2.08. The Kier molecular flexibility index (Phi) is 2.07. The van der Waals surface area contributed by atoms with Crippen LogP contribution in [0.2, 0.25) is 0 Å². The summed E-state index contributed by atoms with van der Waals surface area (Å²) in [5.74, 6) is 0. The third kappa shape index (κ3) is 1.27. The zero-order valence-electron chi connectivity index (χ0n) is 7.38. The average Bonchev–Trinajstić information content (AvgIpc) is 2.00. The van der Waals surface area contributed by atoms with E-state index in [2.05, 4.69) is 5.73 Å². The minimum Gasteiger partial charge on any atom is -0.464 e. The molecule has 0 radical (unpaired) electrons. The summed E-state index contributed by atoms with van der Waals surface area (Å²) < 4.78 is 0. The smallest absolute Gasteiger partial charge is 0.416 e. The number of hydrogen-bond acceptors (Lipinski definition) is 1. The molecule has 0 aromatic heterocycles. The van der Waals surface area contributed by atoms with Gasteiger partial charge in [0.25, 0.3) is 0 Å². The van der Waals surface area contributed by atoms with Gasteiger partial charge in [0.15, 0.2) is 0 Å². The molecular weight excluding hydrogens is 154 g/mol. The fourth-order valence-electron chi connectivity index (χ4n) is 1.02. The third-order valence-electron chi connectivity index (χ3n) is 2.08. The lowest BCUT2D eigenvalue weighted by atomic mass is 10.1. The number of allylic oxidation sites excluding steroid dienone is 3. The number of carbonyl (C=O) groups is 1. The molecule has 0 aromatic rings. The molecule has 1 aliphatic rings. The molecule has 64 valence electrons. The van der Waals surface area contributed by atoms with Gasteiger partial charge in [0, 0.05) is 5.70 Å². The van der Waals surface area contributed by atoms with Gasteiger partial charge < -0.3 is 5.11 Å². The summed E-state index contributed by atoms with van der Waals surface area (Å²) in [5, 5.41) is 8.72. The standard InChI is InChI=1S/C9H11NO2/c1-6-4-5-10(9(11)12)8(3)7(6)2/h5H,1-3H3,(H,11,12). The van der Waals surface area contributed by atoms with Gasteiger partial charge in [-0.25, -0.2) is 9.69 Å². The van der Waals surface area contributed by atoms with E-state index in [4.69, 9.17) is 5.11 Å². The Balaban J connectivity index is 3.16. The Labute approximate surface area is 71.3 Å². The second kappa shape index (κ2) is 2.88. The van der Waals surface area contributed by atoms with E-state index < -0.39 is 6.09 Å². The first kappa shape index (κ1) is 8.62. The van der Waals surface area contributed by atoms with Crippen molar-refractivity contribution >= 4 is 6.09 Å². The lowest BCUT2D eigenvalue weighted by Gasteiger charge is -2.19. The molecule has 0 unspecified atom stereocenters. The first-order valence-corrected chi connectivity index (χ1v) is 3.67. The fraction of sp³-hybridized carbons (Fsp3) is 0.333. The van der Waals surface area contributed by atoms with Crippen molar-refractivity contribution in [1.29, 1.82) is 0 Å². The normalized spacial score (nSPS) is 16.6. The molecule has 3 heteroatoms. The highest BCUT2D eigenvalue weighted by Crippen LogP contribution is 2.20. The van der Waals surface area contributed by atoms with Gasteiger partial charge in [-0.15, -0.1) is 0 Å². The van der Waals surface area contributed by atoms with Crippen LogP contribution in [0.25, 0.3) is 0 Å². The second-order valence-electron chi connectivity index (χ2n) is 2.76. The van der Waals surface area contributed by atoms with Crippen molar-refractivity contribution in [3.8, 4) is 0 Å². The minimum atomic E-state index is -0.966. The molecule has 0 atom stereocenters. The van der Waals surface area contributed by atoms with Crippen molar-refractivity contribution in [2.24, 2.45) is 0 Å². The number of hydrogen-bond donors (Lipinski definition) is 1. The molecule has 1 amide bonds. The Bertz CT molecular complexity index is 319. The van der Waals surface area contributed by atoms with Crippen LogP contribution in [0.4, 0.5) is 4.79 Å². The van der Waals surface area contributed by atoms with Crippen molar-refractivity contribution in [3.63, 3.8) is 0 Å². The van der Waals surface area contributed by atoms with Crippen LogP contribution in [-0.4, -0.2) is 16.1 Å². The number of nitrogens with zero attached hydrogens (tertiary/aromatic N) is 1. The topological polar surface area (TPSA) is 40.5 Å². The number of rotatable bonds is 0. The Morgan fingerprint density at radius 1 is 1.50 bits per heavy atom. The van der Waals surface area contributed by atoms with Gasteiger partial charge in [0.1, 0.15) is 0 Å². The monoisotopic (exact) mass is 165 g/mol. The van der Waals surface area contributed by atoms with Crippen LogP contribution in [0.5, 0.6) is 0 Å². The molecule has 0 saturated heterocycles. The summed E-state index contributed by atoms with van der Waals surface area (Å²) in [6.07, 6.45) is 0.479. The molecule has 3 nitrogen and oxygen atoms in total. The summed E-state index contributed by atoms with van der Waals surface area (Å²) in [7, 11) is 0. The average molecular weight is 165 g/mol. The van der Waals surface area contributed by atoms with Crippen molar-refractivity contribution < 1.29 is 9.90 Å². The van der Waals surface area contributed by atoms with Crippen molar-refractivity contribution in [3.05, 3.63) is 28.8 Å². The van der Waals surface area contributed by atoms with E-state index in [9.17, 15) is 4.79 Å². The van der Waals surface area contributed by atoms with Gasteiger partial charge in [0.05, 0.1) is 6.20 Å². The van der Waals surface area contributed by atoms with E-state index in [-0.39, 0.29) is 0 Å². The fourth-order valence-corrected chi connectivity index (χ4v) is 1.02. The molecule has 1 N–H and O–H groups in total. The lowest BCUT2D eigenvalue weighted by Crippen LogP contribution is -2.23. The summed E-state index contributed by atoms with van der Waals surface area (Å²) in [6.45, 7) is 5.58. The molecule has 0 aliphatic carbocycles. The van der Waals surface area contributed by atoms with Crippen LogP contribution in [-0.2, 0) is 0 Å². The van der Waals surface area contributed by atoms with E-state index in [1.807, 2.05) is 13.8 Å². The quantitative estimate of drug-likeness (QED) is 0.559. The first-order chi connectivity index (χ1) is 5.54. The van der Waals surface area contributed by atoms with Gasteiger partial charge in [-0.3, -0.25) is 0 Å². The predicted octanol–water partition coefficient (Wildman–Crippen LogP) is 2.33. The van der Waals surface area contributed by atoms with Crippen molar-refractivity contribution in [2.75, 3.05) is 0 Å². The molecule has 0 saturated carbocycles. The second-order valence-corrected chi connectivity index (χ2v) is 2.76. The molecular formula is C9H11NO2. The number of carboxylic acid groups (broad SMARTS) is 1. The summed E-state index contributed by atoms with van der Waals surface area (Å²) in [5.41, 5.74) is 5.58. The molecule has 12 heavy (non-hydrogen) atoms. The van der Waals surface area contributed by atoms with Gasteiger partial charge in [0.2, 0.25) is 0 Å². The highest BCUT2D eigenvalue weighted by Gasteiger charge is 2.15. The van der Waals surface area contributed by atoms with Crippen molar-refractivity contribution in [2.45, 2.75) is 20.8 Å². The van der Waals surface area contributed by atoms with E-state index in [1.54, 1.807) is 6.92 Å². The van der Waals surface area contributed by atoms with Crippen LogP contribution < -0.4 is 0 Å². The van der Waals surface area contributed by atoms with Crippen LogP contribution in [0, 0.1) is 0 Å². The summed E-state index contributed by atoms with van der Waals surface area (Å²) in [4.78, 5) is 11.8. The molecule has 0 fully saturated rings. The highest BCUT2D eigenvalue weighted by molar-refractivity contribution is 5.70. The lowest BCUT2D eigenvalue weighted by molar-refractivity contribution is 0.172. The molecule has 0 aromatic carbocycles. The van der Waals surface area contributed by atoms with Gasteiger partial charge in [-0.2, -0.15) is 0 Å². The van der Waals surface area contributed by atoms with Crippen LogP contribution in [0.15, 0.2) is 28.8 Å². The zero-order chi connectivity index (χ0) is 9.30. The van der Waals surface area contributed by atoms with Crippen LogP contribution in [0.3, 0.4) is 0 Å². The van der Waals surface area contributed by atoms with Crippen LogP contribution in [0.1, 0.15) is 20.8 Å². The molecule has 0 bridgehead atoms. The Morgan fingerprint density at radius 2 is 2.08 bits per heavy atom. The summed E-state index contributed by atoms with van der Waals surface area (Å²) >= 11 is 0. The maximum absolute atomic E-state index is 10.6. The highest BCUT2D eigenvalue weighted by atomic mass is 16.4. The minimum absolute atomic E-state index is 0.749. The van der Waals surface area contributed by atoms with Gasteiger partial charge in [-0.05, 0) is 31.9 Å². The van der Waals surface area contributed by atoms with Gasteiger partial charge >= 0.3 is 6.09 Å². The molecule has 0 spiro atoms. The molecule has 1 aliphatic heterocycles. The van der Waals surface area contributed by atoms with E-state index >= 15 is 0 Å². The maximum atomic E-state index is 10.6. The summed E-state index contributed by atoms with van der Waals surface area (Å²) in [6, 6.07) is 0. The predicted molar refractivity (Wildman–Crippen MR) is 45.5 cm³/mol. The Morgan fingerprint density at radius 3 is 2.58 bits per heavy atom. The maximum Gasteiger partial charge on any atom is 0.416 e. The molecule has 1 heterocycles. The van der Waals surface area contributed by atoms with E-state index in [0.717, 1.165) is 16.8 Å².